The number of hydrogen-bond donors (Lipinski definition) is 8. The number of rotatable bonds is 7. The summed E-state index contributed by atoms with van der Waals surface area (Å²) in [5.74, 6) is -7.95. The highest BCUT2D eigenvalue weighted by Gasteiger charge is 2.50. The molecule has 23 nitrogen and oxygen atoms in total. The first-order valence-corrected chi connectivity index (χ1v) is 33.4. The van der Waals surface area contributed by atoms with E-state index in [9.17, 15) is 59.7 Å². The van der Waals surface area contributed by atoms with Crippen molar-refractivity contribution in [2.75, 3.05) is 73.5 Å². The number of likely N-dealkylation sites (N-methyl/N-ethyl adjacent to an activating group) is 2. The van der Waals surface area contributed by atoms with Gasteiger partial charge in [-0.05, 0) is 92.9 Å². The first-order chi connectivity index (χ1) is 47.6. The van der Waals surface area contributed by atoms with Gasteiger partial charge in [0.05, 0.1) is 67.2 Å². The van der Waals surface area contributed by atoms with Crippen molar-refractivity contribution in [1.29, 1.82) is 0 Å². The van der Waals surface area contributed by atoms with Gasteiger partial charge in [0.25, 0.3) is 11.7 Å². The number of fused-ring (bicyclic) bond motifs is 17. The average molecular weight is 1370 g/mol. The number of carbonyl (C=O) groups is 5. The molecule has 0 radical (unpaired) electrons. The van der Waals surface area contributed by atoms with Crippen LogP contribution < -0.4 is 19.5 Å². The molecule has 5 heterocycles. The molecule has 2 aliphatic carbocycles. The Morgan fingerprint density at radius 1 is 0.730 bits per heavy atom. The van der Waals surface area contributed by atoms with Crippen LogP contribution in [0.15, 0.2) is 114 Å². The Labute approximate surface area is 581 Å². The van der Waals surface area contributed by atoms with Crippen LogP contribution >= 0.6 is 0 Å². The molecule has 8 N–H and O–H groups in total. The smallest absolute Gasteiger partial charge is 0.312 e. The van der Waals surface area contributed by atoms with Crippen LogP contribution in [0.25, 0.3) is 21.9 Å². The number of aliphatic hydroxyl groups is 2. The Bertz CT molecular complexity index is 4260. The molecule has 0 spiro atoms. The first kappa shape index (κ1) is 73.0. The molecule has 0 aromatic heterocycles. The fraction of sp³-hybridized carbons (Fsp3) is 0.403. The molecular weight excluding hydrogens is 1280 g/mol. The van der Waals surface area contributed by atoms with Crippen molar-refractivity contribution < 1.29 is 88.1 Å². The number of hydrogen-bond acceptors (Lipinski definition) is 22. The summed E-state index contributed by atoms with van der Waals surface area (Å²) in [6.07, 6.45) is 6.58. The summed E-state index contributed by atoms with van der Waals surface area (Å²) in [5, 5.41) is 87.5. The van der Waals surface area contributed by atoms with Crippen LogP contribution in [-0.2, 0) is 36.6 Å². The van der Waals surface area contributed by atoms with E-state index in [1.54, 1.807) is 82.3 Å². The van der Waals surface area contributed by atoms with Crippen LogP contribution in [-0.4, -0.2) is 184 Å². The molecule has 23 heteroatoms. The van der Waals surface area contributed by atoms with Gasteiger partial charge in [-0.2, -0.15) is 5.10 Å². The number of benzene rings is 6. The van der Waals surface area contributed by atoms with Gasteiger partial charge in [-0.25, -0.2) is 0 Å². The summed E-state index contributed by atoms with van der Waals surface area (Å²) in [5.41, 5.74) is 6.83. The molecule has 6 aromatic carbocycles. The van der Waals surface area contributed by atoms with Gasteiger partial charge in [0.1, 0.15) is 29.3 Å². The second-order valence-corrected chi connectivity index (χ2v) is 26.7. The predicted molar refractivity (Wildman–Crippen MR) is 376 cm³/mol. The van der Waals surface area contributed by atoms with Crippen LogP contribution in [0.5, 0.6) is 46.0 Å². The summed E-state index contributed by atoms with van der Waals surface area (Å²) in [6, 6.07) is 21.9. The number of anilines is 1. The minimum Gasteiger partial charge on any atom is -0.507 e. The van der Waals surface area contributed by atoms with E-state index in [2.05, 4.69) is 27.3 Å². The van der Waals surface area contributed by atoms with Crippen molar-refractivity contribution in [3.63, 3.8) is 0 Å². The lowest BCUT2D eigenvalue weighted by molar-refractivity contribution is -0.160. The zero-order valence-electron chi connectivity index (χ0n) is 58.5. The van der Waals surface area contributed by atoms with Gasteiger partial charge < -0.3 is 74.4 Å². The molecular formula is C77H89N5O18. The quantitative estimate of drug-likeness (QED) is 0.0242. The van der Waals surface area contributed by atoms with Crippen molar-refractivity contribution >= 4 is 51.9 Å². The summed E-state index contributed by atoms with van der Waals surface area (Å²) in [6.45, 7) is 16.0. The molecule has 1 saturated heterocycles. The zero-order valence-corrected chi connectivity index (χ0v) is 58.5. The van der Waals surface area contributed by atoms with Crippen molar-refractivity contribution in [2.24, 2.45) is 28.8 Å². The largest absolute Gasteiger partial charge is 0.507 e. The lowest BCUT2D eigenvalue weighted by Gasteiger charge is -2.40. The highest BCUT2D eigenvalue weighted by Crippen LogP contribution is 2.56. The molecule has 1 fully saturated rings. The Kier molecular flexibility index (Phi) is 21.9. The number of aliphatic hydroxyl groups excluding tert-OH is 2. The Morgan fingerprint density at radius 2 is 1.38 bits per heavy atom. The van der Waals surface area contributed by atoms with E-state index in [0.717, 1.165) is 54.7 Å². The second kappa shape index (κ2) is 30.0. The Morgan fingerprint density at radius 3 is 2.01 bits per heavy atom. The first-order valence-electron chi connectivity index (χ1n) is 33.4. The van der Waals surface area contributed by atoms with Crippen LogP contribution in [0.3, 0.4) is 0 Å². The maximum atomic E-state index is 14.4. The summed E-state index contributed by atoms with van der Waals surface area (Å²) in [4.78, 5) is 69.3. The van der Waals surface area contributed by atoms with Crippen LogP contribution in [0.1, 0.15) is 125 Å². The number of Topliss-reactive ketones (excluding diaryl/α,β-unsaturated/α-hetero) is 3. The van der Waals surface area contributed by atoms with Gasteiger partial charge in [-0.15, -0.1) is 0 Å². The van der Waals surface area contributed by atoms with Gasteiger partial charge in [0.2, 0.25) is 0 Å². The van der Waals surface area contributed by atoms with Crippen molar-refractivity contribution in [3.8, 4) is 57.1 Å². The molecule has 5 bridgehead atoms. The van der Waals surface area contributed by atoms with E-state index in [4.69, 9.17) is 28.4 Å². The van der Waals surface area contributed by atoms with E-state index < -0.39 is 94.7 Å². The molecule has 6 aromatic rings. The number of phenolic OH excluding ortho intramolecular Hbond substituents is 5. The van der Waals surface area contributed by atoms with Gasteiger partial charge in [-0.1, -0.05) is 101 Å². The van der Waals surface area contributed by atoms with E-state index in [1.807, 2.05) is 49.5 Å². The highest BCUT2D eigenvalue weighted by atomic mass is 16.7. The highest BCUT2D eigenvalue weighted by molar-refractivity contribution is 6.30. The van der Waals surface area contributed by atoms with E-state index in [0.29, 0.717) is 35.7 Å². The number of esters is 1. The zero-order chi connectivity index (χ0) is 72.5. The maximum Gasteiger partial charge on any atom is 0.312 e. The fourth-order valence-corrected chi connectivity index (χ4v) is 14.3. The lowest BCUT2D eigenvalue weighted by Crippen LogP contribution is -2.46. The molecule has 5 aliphatic heterocycles. The number of piperazine rings is 1. The third-order valence-electron chi connectivity index (χ3n) is 20.3. The van der Waals surface area contributed by atoms with E-state index in [1.165, 1.54) is 77.7 Å². The van der Waals surface area contributed by atoms with Gasteiger partial charge >= 0.3 is 11.8 Å². The number of aromatic hydroxyl groups is 5. The predicted octanol–water partition coefficient (Wildman–Crippen LogP) is 10.1. The van der Waals surface area contributed by atoms with Crippen LogP contribution in [0, 0.1) is 30.6 Å². The minimum atomic E-state index is -2.04. The lowest BCUT2D eigenvalue weighted by atomic mass is 9.76. The number of phenols is 5. The minimum absolute atomic E-state index is 0.0559. The third-order valence-corrected chi connectivity index (χ3v) is 20.3. The monoisotopic (exact) mass is 1370 g/mol. The molecule has 10 atom stereocenters. The second-order valence-electron chi connectivity index (χ2n) is 26.7. The van der Waals surface area contributed by atoms with Crippen molar-refractivity contribution in [1.82, 2.24) is 14.8 Å². The third kappa shape index (κ3) is 14.0. The number of carbonyl (C=O) groups excluding carboxylic acids is 5. The number of methoxy groups -OCH3 is 3. The fourth-order valence-electron chi connectivity index (χ4n) is 14.3. The maximum absolute atomic E-state index is 14.4. The SMILES string of the molecule is CO[C@H]1/C=C/O[C@@]2(C)Oc3c(C)c(O)c4c(O)c(c(/C=N/N5CCN(C)CC5)c(O)c4c3C2=O)NC(=O)/C(C)=C\C=C\[C@H](C)[C@H](O)[C@@H](C)[C@@H](O)[C@@H](C)[C@H](OC(C)=O)[C@@H]1C.COc1cc2c(cc1O)CC1c3c(cc(O)c(OC)c3-2)CCN1C.O=C1c2ccccc2C(=O)C1c1ccccc1. The Hall–Kier alpha value is -9.78. The molecule has 13 rings (SSSR count). The number of nitrogens with one attached hydrogen (secondary N) is 1. The number of ketones is 3. The molecule has 0 saturated carbocycles. The summed E-state index contributed by atoms with van der Waals surface area (Å²) in [7, 11) is 8.65. The van der Waals surface area contributed by atoms with Gasteiger partial charge in [0.15, 0.2) is 40.3 Å². The van der Waals surface area contributed by atoms with E-state index >= 15 is 0 Å². The number of nitrogens with zero attached hydrogens (tertiary/aromatic N) is 4. The van der Waals surface area contributed by atoms with Crippen LogP contribution in [0.4, 0.5) is 5.69 Å². The number of amides is 1. The molecule has 100 heavy (non-hydrogen) atoms. The van der Waals surface area contributed by atoms with Crippen molar-refractivity contribution in [2.45, 2.75) is 110 Å². The van der Waals surface area contributed by atoms with E-state index in [-0.39, 0.29) is 73.6 Å². The summed E-state index contributed by atoms with van der Waals surface area (Å²) >= 11 is 0. The normalized spacial score (nSPS) is 26.0. The van der Waals surface area contributed by atoms with Gasteiger partial charge in [-0.3, -0.25) is 33.9 Å². The topological polar surface area (TPSA) is 316 Å². The molecule has 1 amide bonds. The standard InChI is InChI=1S/C43H58N4O12.C19H21NO4.C15H10O2/c1-21-12-11-13-22(2)42(55)45-33-28(20-44-47-17-15-46(9)16-18-47)37(52)30-31(38(33)53)36(51)26(6)40-32(30)41(54)43(8,59-40)57-19-14-29(56-10)23(3)39(58-27(7)48)25(5)35(50)24(4)34(21)49;1-20-5-4-10-7-15(22)19(24-3)18-12-9-16(23-2)14(21)8-11(12)6-13(20)17(10)18;16-14-11-8-4-5-9-12(11)15(17)13(14)10-6-2-1-3-7-10/h11-14,19-21,23-25,29,34-35,39,49-53H,15-18H2,1-10H3,(H,45,55);7-9,13,21-22H,4-6H2,1-3H3;1-9,13H/b12-11+,19-14+,22-13-,44-20+;;/t21-,23+,24+,25+,29-,34-,35+,39+,43-;;/m0../s1. The molecule has 7 aliphatic rings. The number of ether oxygens (including phenoxy) is 6. The van der Waals surface area contributed by atoms with Crippen LogP contribution in [0.2, 0.25) is 0 Å². The van der Waals surface area contributed by atoms with Crippen molar-refractivity contribution in [3.05, 3.63) is 159 Å². The molecule has 530 valence electrons. The average Bonchev–Trinajstić information content (AvgIpc) is 1.13. The van der Waals surface area contributed by atoms with Gasteiger partial charge in [0, 0.05) is 117 Å². The number of allylic oxidation sites excluding steroid dienone is 2. The number of hydrazone groups is 1. The molecule has 1 unspecified atom stereocenters. The Balaban J connectivity index is 0.000000210. The summed E-state index contributed by atoms with van der Waals surface area (Å²) < 4.78 is 34.4.